The lowest BCUT2D eigenvalue weighted by Gasteiger charge is -2.02. The molecule has 0 saturated carbocycles. The second-order valence-corrected chi connectivity index (χ2v) is 6.19. The summed E-state index contributed by atoms with van der Waals surface area (Å²) in [4.78, 5) is 0. The number of hydrogen-bond acceptors (Lipinski definition) is 0. The minimum Gasteiger partial charge on any atom is -0.0810 e. The lowest BCUT2D eigenvalue weighted by Crippen LogP contribution is -1.84. The summed E-state index contributed by atoms with van der Waals surface area (Å²) >= 11 is 0. The summed E-state index contributed by atoms with van der Waals surface area (Å²) in [5, 5.41) is 0. The highest BCUT2D eigenvalue weighted by atomic mass is 31.1. The van der Waals surface area contributed by atoms with Crippen LogP contribution in [0.15, 0.2) is 0 Å². The first-order chi connectivity index (χ1) is 7.91. The van der Waals surface area contributed by atoms with E-state index in [1.165, 1.54) is 83.0 Å². The first kappa shape index (κ1) is 16.4. The largest absolute Gasteiger partial charge is 0.0810 e. The molecule has 0 aromatic rings. The predicted molar refractivity (Wildman–Crippen MR) is 78.8 cm³/mol. The second kappa shape index (κ2) is 15.4. The van der Waals surface area contributed by atoms with Gasteiger partial charge in [-0.3, -0.25) is 0 Å². The summed E-state index contributed by atoms with van der Waals surface area (Å²) in [6.07, 6.45) is 18.8. The quantitative estimate of drug-likeness (QED) is 0.264. The van der Waals surface area contributed by atoms with Crippen LogP contribution in [0.5, 0.6) is 0 Å². The molecule has 0 fully saturated rings. The lowest BCUT2D eigenvalue weighted by atomic mass is 10.1. The van der Waals surface area contributed by atoms with Crippen LogP contribution in [0.4, 0.5) is 0 Å². The fraction of sp³-hybridized carbons (Fsp3) is 1.00. The van der Waals surface area contributed by atoms with Gasteiger partial charge in [-0.1, -0.05) is 80.2 Å². The predicted octanol–water partition coefficient (Wildman–Crippen LogP) is 6.26. The van der Waals surface area contributed by atoms with Crippen LogP contribution < -0.4 is 0 Å². The van der Waals surface area contributed by atoms with Gasteiger partial charge in [-0.15, -0.1) is 0 Å². The molecular formula is C15H32P. The van der Waals surface area contributed by atoms with Crippen molar-refractivity contribution >= 4 is 8.58 Å². The Labute approximate surface area is 106 Å². The van der Waals surface area contributed by atoms with Crippen molar-refractivity contribution in [2.75, 3.05) is 12.3 Å². The molecule has 0 aromatic carbocycles. The molecule has 16 heavy (non-hydrogen) atoms. The molecule has 97 valence electrons. The molecule has 0 nitrogen and oxygen atoms in total. The second-order valence-electron chi connectivity index (χ2n) is 4.85. The molecule has 1 radical (unpaired) electrons. The molecule has 0 aliphatic heterocycles. The first-order valence-corrected chi connectivity index (χ1v) is 8.81. The standard InChI is InChI=1S/C15H32P/c1-3-5-7-8-9-10-11-13-15-16-14-12-6-4-2/h3-15H2,1-2H3. The van der Waals surface area contributed by atoms with Gasteiger partial charge >= 0.3 is 0 Å². The molecule has 0 saturated heterocycles. The van der Waals surface area contributed by atoms with Crippen molar-refractivity contribution in [1.82, 2.24) is 0 Å². The van der Waals surface area contributed by atoms with Crippen LogP contribution in [-0.2, 0) is 0 Å². The zero-order valence-electron chi connectivity index (χ0n) is 11.6. The lowest BCUT2D eigenvalue weighted by molar-refractivity contribution is 0.586. The van der Waals surface area contributed by atoms with Crippen LogP contribution >= 0.6 is 8.58 Å². The van der Waals surface area contributed by atoms with Crippen molar-refractivity contribution < 1.29 is 0 Å². The maximum absolute atomic E-state index is 2.29. The number of hydrogen-bond donors (Lipinski definition) is 0. The molecule has 0 spiro atoms. The Morgan fingerprint density at radius 2 is 0.875 bits per heavy atom. The highest BCUT2D eigenvalue weighted by molar-refractivity contribution is 7.37. The molecule has 0 amide bonds. The van der Waals surface area contributed by atoms with Gasteiger partial charge in [0.15, 0.2) is 0 Å². The summed E-state index contributed by atoms with van der Waals surface area (Å²) in [6.45, 7) is 4.58. The fourth-order valence-corrected chi connectivity index (χ4v) is 3.06. The van der Waals surface area contributed by atoms with Gasteiger partial charge in [-0.05, 0) is 25.2 Å². The van der Waals surface area contributed by atoms with Gasteiger partial charge < -0.3 is 0 Å². The molecule has 0 N–H and O–H groups in total. The van der Waals surface area contributed by atoms with Crippen molar-refractivity contribution in [3.8, 4) is 0 Å². The summed E-state index contributed by atoms with van der Waals surface area (Å²) in [5.41, 5.74) is 0. The third-order valence-electron chi connectivity index (χ3n) is 3.09. The molecule has 0 unspecified atom stereocenters. The Kier molecular flexibility index (Phi) is 15.8. The third-order valence-corrected chi connectivity index (χ3v) is 4.35. The first-order valence-electron chi connectivity index (χ1n) is 7.55. The van der Waals surface area contributed by atoms with Crippen molar-refractivity contribution in [1.29, 1.82) is 0 Å². The van der Waals surface area contributed by atoms with Gasteiger partial charge in [0.1, 0.15) is 0 Å². The van der Waals surface area contributed by atoms with E-state index in [-0.39, 0.29) is 0 Å². The summed E-state index contributed by atoms with van der Waals surface area (Å²) in [7, 11) is 1.71. The van der Waals surface area contributed by atoms with Gasteiger partial charge in [0, 0.05) is 0 Å². The average molecular weight is 243 g/mol. The summed E-state index contributed by atoms with van der Waals surface area (Å²) in [6, 6.07) is 0. The van der Waals surface area contributed by atoms with E-state index in [4.69, 9.17) is 0 Å². The van der Waals surface area contributed by atoms with E-state index in [2.05, 4.69) is 13.8 Å². The topological polar surface area (TPSA) is 0 Å². The Balaban J connectivity index is 2.83. The van der Waals surface area contributed by atoms with Crippen LogP contribution in [0, 0.1) is 0 Å². The van der Waals surface area contributed by atoms with E-state index in [0.717, 1.165) is 0 Å². The molecular weight excluding hydrogens is 211 g/mol. The maximum atomic E-state index is 2.29. The molecule has 0 bridgehead atoms. The van der Waals surface area contributed by atoms with E-state index in [9.17, 15) is 0 Å². The summed E-state index contributed by atoms with van der Waals surface area (Å²) < 4.78 is 0. The highest BCUT2D eigenvalue weighted by Crippen LogP contribution is 2.17. The molecule has 0 rings (SSSR count). The Morgan fingerprint density at radius 3 is 1.44 bits per heavy atom. The average Bonchev–Trinajstić information content (AvgIpc) is 2.31. The van der Waals surface area contributed by atoms with E-state index < -0.39 is 0 Å². The van der Waals surface area contributed by atoms with E-state index in [0.29, 0.717) is 0 Å². The van der Waals surface area contributed by atoms with Crippen molar-refractivity contribution in [2.24, 2.45) is 0 Å². The Morgan fingerprint density at radius 1 is 0.500 bits per heavy atom. The normalized spacial score (nSPS) is 11.6. The molecule has 0 atom stereocenters. The van der Waals surface area contributed by atoms with Crippen LogP contribution in [0.25, 0.3) is 0 Å². The molecule has 0 aromatic heterocycles. The van der Waals surface area contributed by atoms with Gasteiger partial charge in [-0.25, -0.2) is 0 Å². The summed E-state index contributed by atoms with van der Waals surface area (Å²) in [5.74, 6) is 0. The zero-order chi connectivity index (χ0) is 11.9. The maximum Gasteiger partial charge on any atom is -0.0287 e. The van der Waals surface area contributed by atoms with Crippen molar-refractivity contribution in [3.63, 3.8) is 0 Å². The van der Waals surface area contributed by atoms with Crippen LogP contribution in [0.1, 0.15) is 84.5 Å². The van der Waals surface area contributed by atoms with Crippen molar-refractivity contribution in [3.05, 3.63) is 0 Å². The van der Waals surface area contributed by atoms with Gasteiger partial charge in [0.25, 0.3) is 0 Å². The molecule has 0 aliphatic carbocycles. The fourth-order valence-electron chi connectivity index (χ4n) is 1.94. The Bertz CT molecular complexity index is 98.0. The SMILES string of the molecule is CCCCCCCCCC[P]CCCCC. The Hall–Kier alpha value is 0.430. The smallest absolute Gasteiger partial charge is 0.0287 e. The van der Waals surface area contributed by atoms with Crippen molar-refractivity contribution in [2.45, 2.75) is 84.5 Å². The minimum atomic E-state index is 1.37. The molecule has 0 heterocycles. The number of rotatable bonds is 13. The van der Waals surface area contributed by atoms with Gasteiger partial charge in [0.05, 0.1) is 0 Å². The van der Waals surface area contributed by atoms with E-state index in [1.54, 1.807) is 8.58 Å². The van der Waals surface area contributed by atoms with Gasteiger partial charge in [-0.2, -0.15) is 0 Å². The highest BCUT2D eigenvalue weighted by Gasteiger charge is 1.93. The molecule has 0 aliphatic rings. The number of unbranched alkanes of at least 4 members (excludes halogenated alkanes) is 9. The van der Waals surface area contributed by atoms with Crippen LogP contribution in [-0.4, -0.2) is 12.3 Å². The van der Waals surface area contributed by atoms with E-state index >= 15 is 0 Å². The zero-order valence-corrected chi connectivity index (χ0v) is 12.5. The monoisotopic (exact) mass is 243 g/mol. The minimum absolute atomic E-state index is 1.37. The van der Waals surface area contributed by atoms with E-state index in [1.807, 2.05) is 0 Å². The van der Waals surface area contributed by atoms with Crippen LogP contribution in [0.2, 0.25) is 0 Å². The molecule has 1 heteroatoms. The van der Waals surface area contributed by atoms with Crippen LogP contribution in [0.3, 0.4) is 0 Å². The van der Waals surface area contributed by atoms with Gasteiger partial charge in [0.2, 0.25) is 0 Å². The third kappa shape index (κ3) is 14.4.